The first-order valence-electron chi connectivity index (χ1n) is 14.5. The summed E-state index contributed by atoms with van der Waals surface area (Å²) >= 11 is 0. The molecule has 3 amide bonds. The molecule has 0 spiro atoms. The van der Waals surface area contributed by atoms with Gasteiger partial charge in [-0.1, -0.05) is 36.5 Å². The molecular formula is C34H41N3O10. The van der Waals surface area contributed by atoms with Crippen LogP contribution < -0.4 is 28.4 Å². The minimum atomic E-state index is -1.08. The van der Waals surface area contributed by atoms with Crippen molar-refractivity contribution in [2.45, 2.75) is 6.04 Å². The van der Waals surface area contributed by atoms with Crippen molar-refractivity contribution >= 4 is 29.9 Å². The van der Waals surface area contributed by atoms with E-state index in [1.807, 2.05) is 0 Å². The molecule has 252 valence electrons. The van der Waals surface area contributed by atoms with E-state index in [4.69, 9.17) is 28.4 Å². The van der Waals surface area contributed by atoms with Crippen LogP contribution in [0.1, 0.15) is 11.1 Å². The summed E-state index contributed by atoms with van der Waals surface area (Å²) in [5, 5.41) is 10.3. The van der Waals surface area contributed by atoms with E-state index in [9.17, 15) is 19.6 Å². The predicted octanol–water partition coefficient (Wildman–Crippen LogP) is 3.46. The molecule has 2 aromatic carbocycles. The molecule has 1 unspecified atom stereocenters. The van der Waals surface area contributed by atoms with Gasteiger partial charge < -0.3 is 38.2 Å². The van der Waals surface area contributed by atoms with Gasteiger partial charge in [-0.3, -0.25) is 19.6 Å². The second kappa shape index (κ2) is 17.3. The average Bonchev–Trinajstić information content (AvgIpc) is 3.09. The lowest BCUT2D eigenvalue weighted by Gasteiger charge is -2.40. The Bertz CT molecular complexity index is 1500. The number of ether oxygens (including phenoxy) is 6. The third-order valence-corrected chi connectivity index (χ3v) is 7.23. The van der Waals surface area contributed by atoms with Gasteiger partial charge in [-0.25, -0.2) is 5.06 Å². The molecule has 1 aliphatic heterocycles. The van der Waals surface area contributed by atoms with Gasteiger partial charge in [-0.15, -0.1) is 0 Å². The van der Waals surface area contributed by atoms with Crippen molar-refractivity contribution in [2.24, 2.45) is 0 Å². The zero-order valence-electron chi connectivity index (χ0n) is 27.6. The Hall–Kier alpha value is -5.43. The highest BCUT2D eigenvalue weighted by molar-refractivity contribution is 5.94. The lowest BCUT2D eigenvalue weighted by atomic mass is 10.1. The summed E-state index contributed by atoms with van der Waals surface area (Å²) in [4.78, 5) is 41.8. The molecule has 1 heterocycles. The van der Waals surface area contributed by atoms with Crippen LogP contribution in [-0.2, 0) is 14.4 Å². The van der Waals surface area contributed by atoms with Crippen LogP contribution in [0.25, 0.3) is 12.2 Å². The number of carbonyl (C=O) groups excluding carboxylic acids is 3. The first-order chi connectivity index (χ1) is 22.6. The maximum atomic E-state index is 13.1. The van der Waals surface area contributed by atoms with E-state index < -0.39 is 17.9 Å². The number of carbonyl (C=O) groups is 3. The van der Waals surface area contributed by atoms with E-state index in [0.717, 1.165) is 11.1 Å². The zero-order chi connectivity index (χ0) is 34.5. The molecule has 3 rings (SSSR count). The highest BCUT2D eigenvalue weighted by Crippen LogP contribution is 2.39. The van der Waals surface area contributed by atoms with Crippen LogP contribution in [0.3, 0.4) is 0 Å². The number of piperazine rings is 1. The Morgan fingerprint density at radius 1 is 0.681 bits per heavy atom. The molecule has 13 heteroatoms. The SMILES string of the molecule is COc1cc(/C=C/C=C/C(=O)N2CCN(C(=O)/C=C/C=C/c3cc(OC)c(OC)c(OC)c3)C(C(=O)N(C)O)C2)cc(OC)c1OC. The average molecular weight is 652 g/mol. The van der Waals surface area contributed by atoms with Crippen LogP contribution in [0.15, 0.2) is 60.7 Å². The van der Waals surface area contributed by atoms with Crippen LogP contribution >= 0.6 is 0 Å². The minimum absolute atomic E-state index is 0.0882. The fourth-order valence-corrected chi connectivity index (χ4v) is 4.88. The van der Waals surface area contributed by atoms with Gasteiger partial charge in [-0.05, 0) is 35.4 Å². The van der Waals surface area contributed by atoms with Crippen LogP contribution in [0.5, 0.6) is 34.5 Å². The van der Waals surface area contributed by atoms with Gasteiger partial charge in [0.05, 0.1) is 49.2 Å². The summed E-state index contributed by atoms with van der Waals surface area (Å²) in [5.41, 5.74) is 1.50. The van der Waals surface area contributed by atoms with E-state index in [1.54, 1.807) is 54.6 Å². The summed E-state index contributed by atoms with van der Waals surface area (Å²) in [5.74, 6) is 1.36. The van der Waals surface area contributed by atoms with Crippen LogP contribution in [-0.4, -0.2) is 113 Å². The van der Waals surface area contributed by atoms with Crippen LogP contribution in [0, 0.1) is 0 Å². The zero-order valence-corrected chi connectivity index (χ0v) is 27.6. The van der Waals surface area contributed by atoms with Crippen molar-refractivity contribution in [3.05, 3.63) is 71.8 Å². The molecule has 1 N–H and O–H groups in total. The number of hydrogen-bond acceptors (Lipinski definition) is 10. The summed E-state index contributed by atoms with van der Waals surface area (Å²) in [6.45, 7) is 0.189. The van der Waals surface area contributed by atoms with E-state index in [2.05, 4.69) is 0 Å². The number of hydroxylamine groups is 2. The molecule has 13 nitrogen and oxygen atoms in total. The number of methoxy groups -OCH3 is 6. The van der Waals surface area contributed by atoms with E-state index in [0.29, 0.717) is 39.6 Å². The minimum Gasteiger partial charge on any atom is -0.493 e. The molecule has 1 saturated heterocycles. The van der Waals surface area contributed by atoms with Crippen molar-refractivity contribution in [3.8, 4) is 34.5 Å². The van der Waals surface area contributed by atoms with Gasteiger partial charge >= 0.3 is 0 Å². The van der Waals surface area contributed by atoms with Gasteiger partial charge in [0.25, 0.3) is 5.91 Å². The van der Waals surface area contributed by atoms with Crippen molar-refractivity contribution < 1.29 is 48.0 Å². The van der Waals surface area contributed by atoms with Crippen molar-refractivity contribution in [1.82, 2.24) is 14.9 Å². The lowest BCUT2D eigenvalue weighted by Crippen LogP contribution is -2.61. The van der Waals surface area contributed by atoms with Gasteiger partial charge in [0, 0.05) is 32.3 Å². The molecule has 0 aromatic heterocycles. The van der Waals surface area contributed by atoms with E-state index in [-0.39, 0.29) is 25.5 Å². The molecule has 1 fully saturated rings. The molecule has 0 bridgehead atoms. The fraction of sp³-hybridized carbons (Fsp3) is 0.324. The summed E-state index contributed by atoms with van der Waals surface area (Å²) in [6.07, 6.45) is 12.6. The number of nitrogens with zero attached hydrogens (tertiary/aromatic N) is 3. The normalized spacial score (nSPS) is 15.0. The number of allylic oxidation sites excluding steroid dienone is 4. The summed E-state index contributed by atoms with van der Waals surface area (Å²) in [6, 6.07) is 5.97. The van der Waals surface area contributed by atoms with Crippen molar-refractivity contribution in [1.29, 1.82) is 0 Å². The largest absolute Gasteiger partial charge is 0.493 e. The monoisotopic (exact) mass is 651 g/mol. The molecule has 0 aliphatic carbocycles. The quantitative estimate of drug-likeness (QED) is 0.148. The second-order valence-corrected chi connectivity index (χ2v) is 10.0. The summed E-state index contributed by atoms with van der Waals surface area (Å²) in [7, 11) is 10.3. The molecule has 0 radical (unpaired) electrons. The van der Waals surface area contributed by atoms with Crippen molar-refractivity contribution in [3.63, 3.8) is 0 Å². The predicted molar refractivity (Wildman–Crippen MR) is 175 cm³/mol. The highest BCUT2D eigenvalue weighted by atomic mass is 16.5. The number of benzene rings is 2. The Kier molecular flexibility index (Phi) is 13.3. The number of amides is 3. The number of hydrogen-bond donors (Lipinski definition) is 1. The molecule has 2 aromatic rings. The first-order valence-corrected chi connectivity index (χ1v) is 14.5. The third-order valence-electron chi connectivity index (χ3n) is 7.23. The number of rotatable bonds is 13. The van der Waals surface area contributed by atoms with Gasteiger partial charge in [-0.2, -0.15) is 0 Å². The molecule has 0 saturated carbocycles. The second-order valence-electron chi connectivity index (χ2n) is 10.0. The van der Waals surface area contributed by atoms with E-state index >= 15 is 0 Å². The Balaban J connectivity index is 1.69. The first kappa shape index (κ1) is 36.0. The highest BCUT2D eigenvalue weighted by Gasteiger charge is 2.37. The van der Waals surface area contributed by atoms with E-state index in [1.165, 1.54) is 77.7 Å². The van der Waals surface area contributed by atoms with Crippen molar-refractivity contribution in [2.75, 3.05) is 69.3 Å². The maximum Gasteiger partial charge on any atom is 0.270 e. The topological polar surface area (TPSA) is 137 Å². The Labute approximate surface area is 274 Å². The maximum absolute atomic E-state index is 13.1. The molecule has 47 heavy (non-hydrogen) atoms. The third kappa shape index (κ3) is 9.07. The molecular weight excluding hydrogens is 610 g/mol. The van der Waals surface area contributed by atoms with Gasteiger partial charge in [0.15, 0.2) is 23.0 Å². The Morgan fingerprint density at radius 3 is 1.49 bits per heavy atom. The smallest absolute Gasteiger partial charge is 0.270 e. The molecule has 1 aliphatic rings. The number of likely N-dealkylation sites (N-methyl/N-ethyl adjacent to an activating group) is 1. The van der Waals surface area contributed by atoms with Crippen LogP contribution in [0.2, 0.25) is 0 Å². The fourth-order valence-electron chi connectivity index (χ4n) is 4.88. The van der Waals surface area contributed by atoms with Crippen LogP contribution in [0.4, 0.5) is 0 Å². The Morgan fingerprint density at radius 2 is 1.11 bits per heavy atom. The van der Waals surface area contributed by atoms with Gasteiger partial charge in [0.1, 0.15) is 6.04 Å². The standard InChI is InChI=1S/C34H41N3O10/c1-35(41)34(40)25-22-36(30(38)14-10-8-12-23-18-26(42-2)32(46-6)27(19-23)43-3)16-17-37(25)31(39)15-11-9-13-24-20-28(44-4)33(47-7)29(21-24)45-5/h8-15,18-21,25,41H,16-17,22H2,1-7H3/b12-8+,13-9+,14-10+,15-11+. The lowest BCUT2D eigenvalue weighted by molar-refractivity contribution is -0.170. The van der Waals surface area contributed by atoms with Gasteiger partial charge in [0.2, 0.25) is 23.3 Å². The summed E-state index contributed by atoms with van der Waals surface area (Å²) < 4.78 is 32.2. The molecule has 1 atom stereocenters.